The molecule has 0 aliphatic carbocycles. The van der Waals surface area contributed by atoms with Crippen LogP contribution in [0.1, 0.15) is 37.9 Å². The molecule has 1 aromatic rings. The third-order valence-corrected chi connectivity index (χ3v) is 3.49. The number of anilines is 1. The quantitative estimate of drug-likeness (QED) is 0.821. The number of aryl methyl sites for hydroxylation is 1. The van der Waals surface area contributed by atoms with Crippen LogP contribution in [0.5, 0.6) is 0 Å². The summed E-state index contributed by atoms with van der Waals surface area (Å²) in [6.45, 7) is 5.67. The molecule has 1 aromatic carbocycles. The van der Waals surface area contributed by atoms with Crippen LogP contribution >= 0.6 is 0 Å². The topological polar surface area (TPSA) is 15.3 Å². The number of hydrogen-bond donors (Lipinski definition) is 1. The third-order valence-electron chi connectivity index (χ3n) is 3.49. The Morgan fingerprint density at radius 1 is 1.19 bits per heavy atom. The predicted molar refractivity (Wildman–Crippen MR) is 77.1 cm³/mol. The molecule has 0 aliphatic heterocycles. The summed E-state index contributed by atoms with van der Waals surface area (Å²) < 4.78 is 52.2. The summed E-state index contributed by atoms with van der Waals surface area (Å²) in [7, 11) is 1.69. The molecular formula is C15H22F4N2. The van der Waals surface area contributed by atoms with E-state index >= 15 is 0 Å². The minimum Gasteiger partial charge on any atom is -0.360 e. The molecule has 0 amide bonds. The van der Waals surface area contributed by atoms with Crippen LogP contribution in [0.3, 0.4) is 0 Å². The minimum absolute atomic E-state index is 0.246. The first-order valence-corrected chi connectivity index (χ1v) is 6.87. The molecule has 0 aromatic heterocycles. The van der Waals surface area contributed by atoms with Crippen molar-refractivity contribution >= 4 is 5.69 Å². The number of halogens is 4. The van der Waals surface area contributed by atoms with E-state index in [4.69, 9.17) is 0 Å². The predicted octanol–water partition coefficient (Wildman–Crippen LogP) is 4.19. The summed E-state index contributed by atoms with van der Waals surface area (Å²) in [6, 6.07) is 2.21. The molecule has 0 radical (unpaired) electrons. The Hall–Kier alpha value is -1.30. The molecule has 0 aliphatic rings. The van der Waals surface area contributed by atoms with Crippen molar-refractivity contribution in [3.63, 3.8) is 0 Å². The van der Waals surface area contributed by atoms with Gasteiger partial charge >= 0.3 is 6.18 Å². The summed E-state index contributed by atoms with van der Waals surface area (Å²) in [5, 5.41) is 2.95. The van der Waals surface area contributed by atoms with Crippen molar-refractivity contribution in [2.45, 2.75) is 46.0 Å². The Kier molecular flexibility index (Phi) is 5.61. The molecule has 1 N–H and O–H groups in total. The smallest absolute Gasteiger partial charge is 0.360 e. The lowest BCUT2D eigenvalue weighted by Gasteiger charge is -2.33. The largest absolute Gasteiger partial charge is 0.405 e. The minimum atomic E-state index is -4.31. The second kappa shape index (κ2) is 6.64. The summed E-state index contributed by atoms with van der Waals surface area (Å²) in [4.78, 5) is 1.26. The molecule has 6 heteroatoms. The van der Waals surface area contributed by atoms with Crippen LogP contribution in [0.15, 0.2) is 12.1 Å². The first-order chi connectivity index (χ1) is 9.56. The zero-order valence-electron chi connectivity index (χ0n) is 13.0. The second-order valence-electron chi connectivity index (χ2n) is 5.51. The van der Waals surface area contributed by atoms with Crippen molar-refractivity contribution in [1.29, 1.82) is 0 Å². The van der Waals surface area contributed by atoms with Crippen molar-refractivity contribution in [3.8, 4) is 0 Å². The highest BCUT2D eigenvalue weighted by atomic mass is 19.4. The molecule has 120 valence electrons. The van der Waals surface area contributed by atoms with Gasteiger partial charge in [-0.15, -0.1) is 0 Å². The zero-order chi connectivity index (χ0) is 16.4. The molecular weight excluding hydrogens is 284 g/mol. The van der Waals surface area contributed by atoms with Crippen molar-refractivity contribution in [3.05, 3.63) is 29.1 Å². The maximum atomic E-state index is 13.8. The molecule has 0 saturated carbocycles. The number of nitrogens with one attached hydrogen (secondary N) is 1. The van der Waals surface area contributed by atoms with E-state index in [2.05, 4.69) is 5.32 Å². The Balaban J connectivity index is 3.38. The van der Waals surface area contributed by atoms with Crippen molar-refractivity contribution in [2.24, 2.45) is 0 Å². The van der Waals surface area contributed by atoms with Gasteiger partial charge in [-0.1, -0.05) is 0 Å². The lowest BCUT2D eigenvalue weighted by Crippen LogP contribution is -2.40. The van der Waals surface area contributed by atoms with Crippen molar-refractivity contribution in [2.75, 3.05) is 18.5 Å². The third kappa shape index (κ3) is 4.59. The number of nitrogens with zero attached hydrogens (tertiary/aromatic N) is 1. The fourth-order valence-corrected chi connectivity index (χ4v) is 2.17. The summed E-state index contributed by atoms with van der Waals surface area (Å²) in [5.74, 6) is -0.411. The van der Waals surface area contributed by atoms with Crippen molar-refractivity contribution < 1.29 is 17.6 Å². The van der Waals surface area contributed by atoms with Crippen LogP contribution < -0.4 is 10.2 Å². The summed E-state index contributed by atoms with van der Waals surface area (Å²) in [5.41, 5.74) is 1.28. The van der Waals surface area contributed by atoms with Gasteiger partial charge in [0, 0.05) is 17.8 Å². The van der Waals surface area contributed by atoms with E-state index in [0.29, 0.717) is 16.8 Å². The molecule has 0 bridgehead atoms. The van der Waals surface area contributed by atoms with Gasteiger partial charge < -0.3 is 10.2 Å². The van der Waals surface area contributed by atoms with Gasteiger partial charge in [0.1, 0.15) is 12.4 Å². The highest BCUT2D eigenvalue weighted by Gasteiger charge is 2.33. The van der Waals surface area contributed by atoms with Crippen LogP contribution in [0, 0.1) is 12.7 Å². The van der Waals surface area contributed by atoms with Crippen LogP contribution in [-0.4, -0.2) is 25.8 Å². The maximum Gasteiger partial charge on any atom is 0.405 e. The fraction of sp³-hybridized carbons (Fsp3) is 0.600. The van der Waals surface area contributed by atoms with E-state index in [1.807, 2.05) is 0 Å². The zero-order valence-corrected chi connectivity index (χ0v) is 13.0. The van der Waals surface area contributed by atoms with E-state index in [1.165, 1.54) is 17.0 Å². The van der Waals surface area contributed by atoms with E-state index in [-0.39, 0.29) is 12.1 Å². The van der Waals surface area contributed by atoms with E-state index in [1.54, 1.807) is 34.7 Å². The fourth-order valence-electron chi connectivity index (χ4n) is 2.17. The normalized spacial score (nSPS) is 13.6. The Labute approximate surface area is 123 Å². The van der Waals surface area contributed by atoms with Gasteiger partial charge in [0.05, 0.1) is 0 Å². The number of hydrogen-bond acceptors (Lipinski definition) is 2. The van der Waals surface area contributed by atoms with Gasteiger partial charge in [0.15, 0.2) is 0 Å². The highest BCUT2D eigenvalue weighted by molar-refractivity contribution is 5.58. The van der Waals surface area contributed by atoms with Gasteiger partial charge in [0.25, 0.3) is 0 Å². The van der Waals surface area contributed by atoms with Crippen molar-refractivity contribution in [1.82, 2.24) is 5.32 Å². The monoisotopic (exact) mass is 306 g/mol. The average Bonchev–Trinajstić information content (AvgIpc) is 2.36. The average molecular weight is 306 g/mol. The number of alkyl halides is 3. The Morgan fingerprint density at radius 2 is 1.76 bits per heavy atom. The molecule has 1 unspecified atom stereocenters. The van der Waals surface area contributed by atoms with Gasteiger partial charge in [-0.3, -0.25) is 0 Å². The standard InChI is InChI=1S/C15H22F4N2/c1-9(2)21(8-15(17,18)19)14-6-10(3)13(16)7-12(14)11(4)20-5/h6-7,9,11,20H,8H2,1-5H3. The molecule has 1 rings (SSSR count). The lowest BCUT2D eigenvalue weighted by atomic mass is 10.0. The number of benzene rings is 1. The second-order valence-corrected chi connectivity index (χ2v) is 5.51. The van der Waals surface area contributed by atoms with Crippen LogP contribution in [0.25, 0.3) is 0 Å². The highest BCUT2D eigenvalue weighted by Crippen LogP contribution is 2.32. The van der Waals surface area contributed by atoms with E-state index in [9.17, 15) is 17.6 Å². The first kappa shape index (κ1) is 17.8. The molecule has 2 nitrogen and oxygen atoms in total. The lowest BCUT2D eigenvalue weighted by molar-refractivity contribution is -0.120. The molecule has 0 heterocycles. The van der Waals surface area contributed by atoms with Crippen LogP contribution in [0.2, 0.25) is 0 Å². The summed E-state index contributed by atoms with van der Waals surface area (Å²) in [6.07, 6.45) is -4.31. The number of rotatable bonds is 5. The molecule has 0 spiro atoms. The SMILES string of the molecule is CNC(C)c1cc(F)c(C)cc1N(CC(F)(F)F)C(C)C. The van der Waals surface area contributed by atoms with E-state index < -0.39 is 18.5 Å². The van der Waals surface area contributed by atoms with Crippen LogP contribution in [0.4, 0.5) is 23.2 Å². The van der Waals surface area contributed by atoms with Gasteiger partial charge in [-0.2, -0.15) is 13.2 Å². The first-order valence-electron chi connectivity index (χ1n) is 6.87. The molecule has 0 fully saturated rings. The molecule has 0 saturated heterocycles. The Bertz CT molecular complexity index is 483. The summed E-state index contributed by atoms with van der Waals surface area (Å²) >= 11 is 0. The van der Waals surface area contributed by atoms with Gasteiger partial charge in [0.2, 0.25) is 0 Å². The maximum absolute atomic E-state index is 13.8. The van der Waals surface area contributed by atoms with Gasteiger partial charge in [-0.05, 0) is 58.0 Å². The molecule has 21 heavy (non-hydrogen) atoms. The van der Waals surface area contributed by atoms with E-state index in [0.717, 1.165) is 0 Å². The van der Waals surface area contributed by atoms with Gasteiger partial charge in [-0.25, -0.2) is 4.39 Å². The Morgan fingerprint density at radius 3 is 2.19 bits per heavy atom. The molecule has 1 atom stereocenters. The van der Waals surface area contributed by atoms with Crippen LogP contribution in [-0.2, 0) is 0 Å².